The van der Waals surface area contributed by atoms with Crippen molar-refractivity contribution in [2.45, 2.75) is 51.6 Å². The van der Waals surface area contributed by atoms with E-state index in [9.17, 15) is 4.79 Å². The number of benzene rings is 2. The van der Waals surface area contributed by atoms with Gasteiger partial charge in [-0.05, 0) is 68.8 Å². The number of rotatable bonds is 6. The molecule has 3 heterocycles. The third kappa shape index (κ3) is 4.83. The number of fused-ring (bicyclic) bond motifs is 1. The maximum Gasteiger partial charge on any atom is 0.255 e. The number of amides is 1. The highest BCUT2D eigenvalue weighted by atomic mass is 32.2. The fraction of sp³-hybridized carbons (Fsp3) is 0.250. The van der Waals surface area contributed by atoms with Gasteiger partial charge in [0.25, 0.3) is 5.91 Å². The minimum Gasteiger partial charge on any atom is -0.328 e. The van der Waals surface area contributed by atoms with Crippen molar-refractivity contribution in [2.75, 3.05) is 10.6 Å². The van der Waals surface area contributed by atoms with Crippen LogP contribution in [0.1, 0.15) is 45.7 Å². The predicted molar refractivity (Wildman–Crippen MR) is 149 cm³/mol. The molecule has 184 valence electrons. The molecule has 2 N–H and O–H groups in total. The van der Waals surface area contributed by atoms with Gasteiger partial charge in [-0.15, -0.1) is 16.4 Å². The van der Waals surface area contributed by atoms with Crippen LogP contribution in [0.5, 0.6) is 0 Å². The van der Waals surface area contributed by atoms with E-state index in [1.165, 1.54) is 16.7 Å². The molecule has 0 aliphatic carbocycles. The summed E-state index contributed by atoms with van der Waals surface area (Å²) in [6.07, 6.45) is 0. The number of hydrogen-bond donors (Lipinski definition) is 2. The number of aromatic nitrogens is 3. The lowest BCUT2D eigenvalue weighted by atomic mass is 10.0. The summed E-state index contributed by atoms with van der Waals surface area (Å²) in [7, 11) is 0. The van der Waals surface area contributed by atoms with Crippen LogP contribution < -0.4 is 10.6 Å². The van der Waals surface area contributed by atoms with Gasteiger partial charge in [-0.1, -0.05) is 59.3 Å². The van der Waals surface area contributed by atoms with Gasteiger partial charge < -0.3 is 10.6 Å². The van der Waals surface area contributed by atoms with E-state index in [4.69, 9.17) is 10.1 Å². The Balaban J connectivity index is 1.45. The van der Waals surface area contributed by atoms with Crippen LogP contribution >= 0.6 is 23.1 Å². The molecule has 2 aromatic carbocycles. The number of carbonyl (C=O) groups is 1. The van der Waals surface area contributed by atoms with Gasteiger partial charge in [-0.2, -0.15) is 4.98 Å². The van der Waals surface area contributed by atoms with Gasteiger partial charge in [-0.25, -0.2) is 4.68 Å². The van der Waals surface area contributed by atoms with Gasteiger partial charge in [0.2, 0.25) is 11.1 Å². The minimum atomic E-state index is -0.352. The summed E-state index contributed by atoms with van der Waals surface area (Å²) in [5.74, 6) is 1.29. The van der Waals surface area contributed by atoms with Crippen LogP contribution in [0.3, 0.4) is 0 Å². The lowest BCUT2D eigenvalue weighted by Gasteiger charge is -2.27. The quantitative estimate of drug-likeness (QED) is 0.277. The first kappa shape index (κ1) is 24.3. The van der Waals surface area contributed by atoms with Crippen LogP contribution in [0.25, 0.3) is 0 Å². The number of carbonyl (C=O) groups excluding carboxylic acids is 1. The van der Waals surface area contributed by atoms with Gasteiger partial charge in [-0.3, -0.25) is 4.79 Å². The Morgan fingerprint density at radius 2 is 1.81 bits per heavy atom. The molecular weight excluding hydrogens is 486 g/mol. The molecule has 6 nitrogen and oxygen atoms in total. The standard InChI is InChI=1S/C28H29N5OS2/c1-16-8-10-21(18(3)13-16)15-36-28-31-27-29-20(5)24(25(33(27)32-28)23-7-6-12-35-23)26(34)30-22-11-9-17(2)14-19(22)4/h6-14,25H,15H2,1-5H3,(H,30,34)(H,29,31,32)/t25-/m1/s1. The number of nitrogens with zero attached hydrogens (tertiary/aromatic N) is 3. The zero-order valence-electron chi connectivity index (χ0n) is 21.0. The Labute approximate surface area is 219 Å². The highest BCUT2D eigenvalue weighted by Gasteiger charge is 2.35. The average Bonchev–Trinajstić information content (AvgIpc) is 3.49. The largest absolute Gasteiger partial charge is 0.328 e. The summed E-state index contributed by atoms with van der Waals surface area (Å²) in [5, 5.41) is 14.0. The van der Waals surface area contributed by atoms with Crippen molar-refractivity contribution >= 4 is 40.6 Å². The van der Waals surface area contributed by atoms with Gasteiger partial charge in [0.1, 0.15) is 6.04 Å². The third-order valence-corrected chi connectivity index (χ3v) is 8.19. The number of allylic oxidation sites excluding steroid dienone is 1. The van der Waals surface area contributed by atoms with Crippen molar-refractivity contribution in [3.63, 3.8) is 0 Å². The smallest absolute Gasteiger partial charge is 0.255 e. The topological polar surface area (TPSA) is 71.8 Å². The molecule has 8 heteroatoms. The molecular formula is C28H29N5OS2. The molecule has 5 rings (SSSR count). The molecule has 36 heavy (non-hydrogen) atoms. The van der Waals surface area contributed by atoms with E-state index in [0.29, 0.717) is 16.7 Å². The lowest BCUT2D eigenvalue weighted by Crippen LogP contribution is -2.31. The maximum atomic E-state index is 13.6. The molecule has 2 aromatic heterocycles. The molecule has 0 unspecified atom stereocenters. The van der Waals surface area contributed by atoms with Gasteiger partial charge in [0, 0.05) is 22.0 Å². The Kier molecular flexibility index (Phi) is 6.73. The fourth-order valence-corrected chi connectivity index (χ4v) is 6.21. The summed E-state index contributed by atoms with van der Waals surface area (Å²) in [6.45, 7) is 10.2. The van der Waals surface area contributed by atoms with Crippen molar-refractivity contribution in [2.24, 2.45) is 0 Å². The van der Waals surface area contributed by atoms with E-state index in [1.807, 2.05) is 55.1 Å². The Bertz CT molecular complexity index is 1470. The second-order valence-electron chi connectivity index (χ2n) is 9.24. The highest BCUT2D eigenvalue weighted by molar-refractivity contribution is 7.98. The molecule has 1 aliphatic heterocycles. The van der Waals surface area contributed by atoms with Crippen LogP contribution in [0.15, 0.2) is 70.3 Å². The van der Waals surface area contributed by atoms with E-state index >= 15 is 0 Å². The zero-order valence-corrected chi connectivity index (χ0v) is 22.7. The molecule has 1 aliphatic rings. The minimum absolute atomic E-state index is 0.143. The molecule has 0 saturated carbocycles. The summed E-state index contributed by atoms with van der Waals surface area (Å²) in [5.41, 5.74) is 8.22. The molecule has 0 saturated heterocycles. The third-order valence-electron chi connectivity index (χ3n) is 6.38. The van der Waals surface area contributed by atoms with Crippen LogP contribution in [0.4, 0.5) is 11.6 Å². The number of thiophene rings is 1. The lowest BCUT2D eigenvalue weighted by molar-refractivity contribution is -0.113. The number of thioether (sulfide) groups is 1. The Morgan fingerprint density at radius 3 is 2.50 bits per heavy atom. The van der Waals surface area contributed by atoms with E-state index in [0.717, 1.165) is 33.1 Å². The molecule has 0 radical (unpaired) electrons. The molecule has 1 atom stereocenters. The van der Waals surface area contributed by atoms with Crippen molar-refractivity contribution in [3.05, 3.63) is 97.9 Å². The molecule has 0 fully saturated rings. The highest BCUT2D eigenvalue weighted by Crippen LogP contribution is 2.39. The predicted octanol–water partition coefficient (Wildman–Crippen LogP) is 6.79. The van der Waals surface area contributed by atoms with Gasteiger partial charge >= 0.3 is 0 Å². The monoisotopic (exact) mass is 515 g/mol. The SMILES string of the molecule is CC1=C(C(=O)Nc2ccc(C)cc2C)[C@@H](c2cccs2)n2nc(SCc3ccc(C)cc3C)nc2N1. The first-order chi connectivity index (χ1) is 17.3. The van der Waals surface area contributed by atoms with Crippen LogP contribution in [0, 0.1) is 27.7 Å². The summed E-state index contributed by atoms with van der Waals surface area (Å²) < 4.78 is 1.85. The van der Waals surface area contributed by atoms with E-state index in [2.05, 4.69) is 48.7 Å². The van der Waals surface area contributed by atoms with Crippen LogP contribution in [-0.2, 0) is 10.5 Å². The van der Waals surface area contributed by atoms with Crippen molar-refractivity contribution in [1.29, 1.82) is 0 Å². The number of hydrogen-bond acceptors (Lipinski definition) is 6. The van der Waals surface area contributed by atoms with E-state index < -0.39 is 0 Å². The Morgan fingerprint density at radius 1 is 1.06 bits per heavy atom. The van der Waals surface area contributed by atoms with Crippen LogP contribution in [-0.4, -0.2) is 20.7 Å². The normalized spacial score (nSPS) is 15.0. The maximum absolute atomic E-state index is 13.6. The average molecular weight is 516 g/mol. The van der Waals surface area contributed by atoms with Crippen LogP contribution in [0.2, 0.25) is 0 Å². The first-order valence-electron chi connectivity index (χ1n) is 11.9. The zero-order chi connectivity index (χ0) is 25.4. The fourth-order valence-electron chi connectivity index (χ4n) is 4.49. The first-order valence-corrected chi connectivity index (χ1v) is 13.7. The van der Waals surface area contributed by atoms with E-state index in [1.54, 1.807) is 23.1 Å². The van der Waals surface area contributed by atoms with Crippen molar-refractivity contribution in [3.8, 4) is 0 Å². The summed E-state index contributed by atoms with van der Waals surface area (Å²) in [6, 6.07) is 16.2. The molecule has 1 amide bonds. The van der Waals surface area contributed by atoms with E-state index in [-0.39, 0.29) is 11.9 Å². The summed E-state index contributed by atoms with van der Waals surface area (Å²) in [4.78, 5) is 19.4. The number of anilines is 2. The number of nitrogens with one attached hydrogen (secondary N) is 2. The van der Waals surface area contributed by atoms with Gasteiger partial charge in [0.05, 0.1) is 5.57 Å². The molecule has 4 aromatic rings. The van der Waals surface area contributed by atoms with Crippen molar-refractivity contribution in [1.82, 2.24) is 14.8 Å². The number of aryl methyl sites for hydroxylation is 4. The van der Waals surface area contributed by atoms with Gasteiger partial charge in [0.15, 0.2) is 0 Å². The second kappa shape index (κ2) is 9.95. The second-order valence-corrected chi connectivity index (χ2v) is 11.2. The van der Waals surface area contributed by atoms with Crippen molar-refractivity contribution < 1.29 is 4.79 Å². The molecule has 0 bridgehead atoms. The Hall–Kier alpha value is -3.36. The molecule has 0 spiro atoms. The summed E-state index contributed by atoms with van der Waals surface area (Å²) >= 11 is 3.22.